The van der Waals surface area contributed by atoms with E-state index < -0.39 is 10.0 Å². The first-order valence-corrected chi connectivity index (χ1v) is 9.63. The normalized spacial score (nSPS) is 14.2. The van der Waals surface area contributed by atoms with Gasteiger partial charge in [-0.15, -0.1) is 0 Å². The fourth-order valence-electron chi connectivity index (χ4n) is 2.79. The Hall–Kier alpha value is -1.64. The highest BCUT2D eigenvalue weighted by molar-refractivity contribution is 9.10. The summed E-state index contributed by atoms with van der Waals surface area (Å²) in [6.07, 6.45) is 2.22. The Balaban J connectivity index is 1.99. The molecule has 1 aromatic heterocycles. The minimum Gasteiger partial charge on any atom is -0.468 e. The molecule has 1 amide bonds. The Bertz CT molecular complexity index is 878. The molecular formula is C16H17BrN2O4S. The van der Waals surface area contributed by atoms with Crippen molar-refractivity contribution in [2.45, 2.75) is 24.8 Å². The van der Waals surface area contributed by atoms with Gasteiger partial charge >= 0.3 is 0 Å². The second-order valence-electron chi connectivity index (χ2n) is 5.67. The molecule has 0 aliphatic carbocycles. The third-order valence-electron chi connectivity index (χ3n) is 4.06. The number of amides is 1. The molecule has 1 aromatic carbocycles. The minimum atomic E-state index is -3.73. The van der Waals surface area contributed by atoms with Crippen LogP contribution in [-0.2, 0) is 27.8 Å². The van der Waals surface area contributed by atoms with E-state index in [-0.39, 0.29) is 17.3 Å². The zero-order valence-corrected chi connectivity index (χ0v) is 15.7. The van der Waals surface area contributed by atoms with Gasteiger partial charge in [0.05, 0.1) is 17.7 Å². The van der Waals surface area contributed by atoms with E-state index in [1.165, 1.54) is 24.5 Å². The summed E-state index contributed by atoms with van der Waals surface area (Å²) in [7, 11) is -2.23. The predicted molar refractivity (Wildman–Crippen MR) is 93.2 cm³/mol. The number of rotatable bonds is 4. The number of nitrogens with zero attached hydrogens (tertiary/aromatic N) is 2. The van der Waals surface area contributed by atoms with Crippen LogP contribution in [-0.4, -0.2) is 32.2 Å². The number of carbonyl (C=O) groups is 1. The van der Waals surface area contributed by atoms with Crippen LogP contribution in [0.25, 0.3) is 0 Å². The van der Waals surface area contributed by atoms with Gasteiger partial charge in [0.15, 0.2) is 0 Å². The zero-order chi connectivity index (χ0) is 17.5. The summed E-state index contributed by atoms with van der Waals surface area (Å²) in [6.45, 7) is 2.19. The molecule has 0 unspecified atom stereocenters. The van der Waals surface area contributed by atoms with Crippen LogP contribution in [0.3, 0.4) is 0 Å². The molecule has 6 nitrogen and oxygen atoms in total. The highest BCUT2D eigenvalue weighted by atomic mass is 79.9. The van der Waals surface area contributed by atoms with Crippen molar-refractivity contribution in [1.82, 2.24) is 4.31 Å². The van der Waals surface area contributed by atoms with Gasteiger partial charge in [0.2, 0.25) is 15.9 Å². The Labute approximate surface area is 149 Å². The largest absolute Gasteiger partial charge is 0.468 e. The number of furan rings is 1. The van der Waals surface area contributed by atoms with Crippen molar-refractivity contribution in [3.63, 3.8) is 0 Å². The Morgan fingerprint density at radius 1 is 1.42 bits per heavy atom. The first kappa shape index (κ1) is 17.2. The maximum atomic E-state index is 12.9. The highest BCUT2D eigenvalue weighted by Gasteiger charge is 2.29. The second-order valence-corrected chi connectivity index (χ2v) is 8.54. The molecule has 0 fully saturated rings. The van der Waals surface area contributed by atoms with Crippen LogP contribution in [0.15, 0.2) is 44.3 Å². The SMILES string of the molecule is CC(=O)N1CCc2cc(Br)c(S(=O)(=O)N(C)Cc3ccco3)cc21. The molecule has 0 radical (unpaired) electrons. The third kappa shape index (κ3) is 3.01. The number of fused-ring (bicyclic) bond motifs is 1. The molecule has 0 N–H and O–H groups in total. The average Bonchev–Trinajstić information content (AvgIpc) is 3.14. The van der Waals surface area contributed by atoms with Gasteiger partial charge < -0.3 is 9.32 Å². The molecule has 1 aliphatic rings. The van der Waals surface area contributed by atoms with E-state index in [1.54, 1.807) is 29.2 Å². The number of hydrogen-bond donors (Lipinski definition) is 0. The summed E-state index contributed by atoms with van der Waals surface area (Å²) in [4.78, 5) is 13.5. The van der Waals surface area contributed by atoms with Gasteiger partial charge in [-0.1, -0.05) is 0 Å². The van der Waals surface area contributed by atoms with Crippen LogP contribution in [0.4, 0.5) is 5.69 Å². The predicted octanol–water partition coefficient (Wildman–Crippen LogP) is 2.77. The van der Waals surface area contributed by atoms with Gasteiger partial charge in [0.25, 0.3) is 0 Å². The fraction of sp³-hybridized carbons (Fsp3) is 0.312. The van der Waals surface area contributed by atoms with E-state index in [0.717, 1.165) is 12.0 Å². The fourth-order valence-corrected chi connectivity index (χ4v) is 4.99. The molecule has 2 heterocycles. The monoisotopic (exact) mass is 412 g/mol. The Morgan fingerprint density at radius 2 is 2.17 bits per heavy atom. The Kier molecular flexibility index (Phi) is 4.54. The topological polar surface area (TPSA) is 70.8 Å². The molecule has 1 aliphatic heterocycles. The maximum Gasteiger partial charge on any atom is 0.244 e. The van der Waals surface area contributed by atoms with E-state index in [4.69, 9.17) is 4.42 Å². The zero-order valence-electron chi connectivity index (χ0n) is 13.3. The maximum absolute atomic E-state index is 12.9. The van der Waals surface area contributed by atoms with Crippen molar-refractivity contribution in [1.29, 1.82) is 0 Å². The molecule has 0 bridgehead atoms. The molecule has 0 spiro atoms. The van der Waals surface area contributed by atoms with Crippen molar-refractivity contribution >= 4 is 37.5 Å². The summed E-state index contributed by atoms with van der Waals surface area (Å²) in [5.74, 6) is 0.465. The number of anilines is 1. The molecule has 24 heavy (non-hydrogen) atoms. The lowest BCUT2D eigenvalue weighted by Crippen LogP contribution is -2.28. The Morgan fingerprint density at radius 3 is 2.79 bits per heavy atom. The number of carbonyl (C=O) groups excluding carboxylic acids is 1. The standard InChI is InChI=1S/C16H17BrN2O4S/c1-11(20)19-6-5-12-8-14(17)16(9-15(12)19)24(21,22)18(2)10-13-4-3-7-23-13/h3-4,7-9H,5-6,10H2,1-2H3. The van der Waals surface area contributed by atoms with Crippen LogP contribution < -0.4 is 4.90 Å². The quantitative estimate of drug-likeness (QED) is 0.773. The number of sulfonamides is 1. The van der Waals surface area contributed by atoms with E-state index in [0.29, 0.717) is 22.5 Å². The van der Waals surface area contributed by atoms with Gasteiger partial charge in [-0.25, -0.2) is 8.42 Å². The van der Waals surface area contributed by atoms with E-state index in [2.05, 4.69) is 15.9 Å². The number of hydrogen-bond acceptors (Lipinski definition) is 4. The second kappa shape index (κ2) is 6.34. The molecule has 8 heteroatoms. The molecule has 0 atom stereocenters. The van der Waals surface area contributed by atoms with Crippen LogP contribution in [0.5, 0.6) is 0 Å². The highest BCUT2D eigenvalue weighted by Crippen LogP contribution is 2.36. The first-order valence-electron chi connectivity index (χ1n) is 7.40. The van der Waals surface area contributed by atoms with Crippen LogP contribution in [0, 0.1) is 0 Å². The molecule has 2 aromatic rings. The van der Waals surface area contributed by atoms with Crippen molar-refractivity contribution < 1.29 is 17.6 Å². The molecule has 0 saturated carbocycles. The van der Waals surface area contributed by atoms with E-state index in [1.807, 2.05) is 0 Å². The van der Waals surface area contributed by atoms with Gasteiger partial charge in [0.1, 0.15) is 5.76 Å². The summed E-state index contributed by atoms with van der Waals surface area (Å²) in [5, 5.41) is 0. The minimum absolute atomic E-state index is 0.0941. The van der Waals surface area contributed by atoms with Gasteiger partial charge in [-0.3, -0.25) is 4.79 Å². The van der Waals surface area contributed by atoms with Gasteiger partial charge in [-0.05, 0) is 52.2 Å². The molecule has 0 saturated heterocycles. The first-order chi connectivity index (χ1) is 11.3. The number of halogens is 1. The molecule has 128 valence electrons. The van der Waals surface area contributed by atoms with Crippen molar-refractivity contribution in [2.75, 3.05) is 18.5 Å². The van der Waals surface area contributed by atoms with Gasteiger partial charge in [0, 0.05) is 30.7 Å². The smallest absolute Gasteiger partial charge is 0.244 e. The van der Waals surface area contributed by atoms with E-state index >= 15 is 0 Å². The lowest BCUT2D eigenvalue weighted by Gasteiger charge is -2.20. The third-order valence-corrected chi connectivity index (χ3v) is 6.82. The average molecular weight is 413 g/mol. The van der Waals surface area contributed by atoms with E-state index in [9.17, 15) is 13.2 Å². The lowest BCUT2D eigenvalue weighted by atomic mass is 10.2. The molecular weight excluding hydrogens is 396 g/mol. The van der Waals surface area contributed by atoms with Crippen molar-refractivity contribution in [2.24, 2.45) is 0 Å². The van der Waals surface area contributed by atoms with Gasteiger partial charge in [-0.2, -0.15) is 4.31 Å². The summed E-state index contributed by atoms with van der Waals surface area (Å²) < 4.78 is 32.8. The number of benzene rings is 1. The van der Waals surface area contributed by atoms with Crippen molar-refractivity contribution in [3.8, 4) is 0 Å². The van der Waals surface area contributed by atoms with Crippen LogP contribution >= 0.6 is 15.9 Å². The summed E-state index contributed by atoms with van der Waals surface area (Å²) >= 11 is 3.36. The molecule has 3 rings (SSSR count). The summed E-state index contributed by atoms with van der Waals surface area (Å²) in [5.41, 5.74) is 1.63. The van der Waals surface area contributed by atoms with Crippen LogP contribution in [0.1, 0.15) is 18.2 Å². The lowest BCUT2D eigenvalue weighted by molar-refractivity contribution is -0.116. The van der Waals surface area contributed by atoms with Crippen LogP contribution in [0.2, 0.25) is 0 Å². The van der Waals surface area contributed by atoms with Crippen molar-refractivity contribution in [3.05, 3.63) is 46.3 Å². The summed E-state index contributed by atoms with van der Waals surface area (Å²) in [6, 6.07) is 6.79.